The summed E-state index contributed by atoms with van der Waals surface area (Å²) in [4.78, 5) is 25.5. The van der Waals surface area contributed by atoms with Gasteiger partial charge in [0.15, 0.2) is 0 Å². The van der Waals surface area contributed by atoms with Crippen LogP contribution in [0, 0.1) is 0 Å². The number of aliphatic hydroxyl groups excluding tert-OH is 1. The quantitative estimate of drug-likeness (QED) is 0.0207. The molecule has 1 amide bonds. The second-order valence-corrected chi connectivity index (χ2v) is 21.7. The second-order valence-electron chi connectivity index (χ2n) is 20.3. The van der Waals surface area contributed by atoms with E-state index < -0.39 is 20.0 Å². The Kier molecular flexibility index (Phi) is 46.8. The van der Waals surface area contributed by atoms with Gasteiger partial charge in [-0.3, -0.25) is 9.36 Å². The Balaban J connectivity index is 4.23. The van der Waals surface area contributed by atoms with Gasteiger partial charge in [-0.25, -0.2) is 0 Å². The van der Waals surface area contributed by atoms with Gasteiger partial charge in [0.05, 0.1) is 39.9 Å². The first-order chi connectivity index (χ1) is 31.5. The predicted molar refractivity (Wildman–Crippen MR) is 279 cm³/mol. The highest BCUT2D eigenvalue weighted by Crippen LogP contribution is 2.38. The largest absolute Gasteiger partial charge is 0.756 e. The van der Waals surface area contributed by atoms with Crippen LogP contribution in [0.1, 0.15) is 264 Å². The minimum absolute atomic E-state index is 0.00130. The molecule has 0 fully saturated rings. The second kappa shape index (κ2) is 47.8. The maximum atomic E-state index is 12.9. The van der Waals surface area contributed by atoms with E-state index in [-0.39, 0.29) is 19.1 Å². The van der Waals surface area contributed by atoms with Crippen molar-refractivity contribution in [1.29, 1.82) is 0 Å². The molecule has 0 aliphatic heterocycles. The molecule has 0 rings (SSSR count). The molecular weight excluding hydrogens is 828 g/mol. The van der Waals surface area contributed by atoms with Crippen LogP contribution in [0.3, 0.4) is 0 Å². The summed E-state index contributed by atoms with van der Waals surface area (Å²) in [6.45, 7) is 4.65. The molecule has 0 saturated heterocycles. The molecule has 0 aromatic carbocycles. The number of likely N-dealkylation sites (N-methyl/N-ethyl adjacent to an activating group) is 1. The lowest BCUT2D eigenvalue weighted by Gasteiger charge is -2.29. The van der Waals surface area contributed by atoms with Gasteiger partial charge in [-0.1, -0.05) is 249 Å². The van der Waals surface area contributed by atoms with Gasteiger partial charge < -0.3 is 28.8 Å². The average molecular weight is 937 g/mol. The number of hydrogen-bond donors (Lipinski definition) is 2. The van der Waals surface area contributed by atoms with E-state index in [1.165, 1.54) is 205 Å². The van der Waals surface area contributed by atoms with E-state index in [0.29, 0.717) is 17.4 Å². The molecule has 2 N–H and O–H groups in total. The number of aliphatic hydroxyl groups is 1. The molecule has 9 heteroatoms. The van der Waals surface area contributed by atoms with E-state index in [9.17, 15) is 19.4 Å². The summed E-state index contributed by atoms with van der Waals surface area (Å²) in [6.07, 6.45) is 60.6. The highest BCUT2D eigenvalue weighted by Gasteiger charge is 2.23. The molecule has 0 spiro atoms. The summed E-state index contributed by atoms with van der Waals surface area (Å²) in [7, 11) is 1.26. The number of phosphoric acid groups is 1. The monoisotopic (exact) mass is 937 g/mol. The van der Waals surface area contributed by atoms with Gasteiger partial charge in [0.2, 0.25) is 5.91 Å². The Labute approximate surface area is 404 Å². The van der Waals surface area contributed by atoms with Crippen molar-refractivity contribution in [2.24, 2.45) is 0 Å². The molecule has 0 saturated carbocycles. The molecule has 0 aliphatic carbocycles. The first kappa shape index (κ1) is 63.7. The topological polar surface area (TPSA) is 108 Å². The third-order valence-corrected chi connectivity index (χ3v) is 13.6. The van der Waals surface area contributed by atoms with Crippen molar-refractivity contribution in [3.05, 3.63) is 36.5 Å². The number of amides is 1. The van der Waals surface area contributed by atoms with Crippen molar-refractivity contribution in [2.45, 2.75) is 276 Å². The molecule has 8 nitrogen and oxygen atoms in total. The summed E-state index contributed by atoms with van der Waals surface area (Å²) in [5.74, 6) is -0.199. The van der Waals surface area contributed by atoms with Crippen LogP contribution in [0.5, 0.6) is 0 Å². The molecule has 0 radical (unpaired) electrons. The lowest BCUT2D eigenvalue weighted by molar-refractivity contribution is -0.870. The fourth-order valence-corrected chi connectivity index (χ4v) is 8.93. The van der Waals surface area contributed by atoms with Crippen LogP contribution in [0.15, 0.2) is 36.5 Å². The lowest BCUT2D eigenvalue weighted by atomic mass is 10.0. The Hall–Kier alpha value is -1.28. The first-order valence-corrected chi connectivity index (χ1v) is 29.3. The molecule has 0 aliphatic rings. The van der Waals surface area contributed by atoms with Gasteiger partial charge in [-0.15, -0.1) is 0 Å². The molecule has 3 atom stereocenters. The van der Waals surface area contributed by atoms with E-state index in [1.54, 1.807) is 6.08 Å². The van der Waals surface area contributed by atoms with E-state index in [4.69, 9.17) is 9.05 Å². The highest BCUT2D eigenvalue weighted by atomic mass is 31.2. The van der Waals surface area contributed by atoms with Crippen molar-refractivity contribution >= 4 is 13.7 Å². The van der Waals surface area contributed by atoms with Crippen LogP contribution in [-0.2, 0) is 18.4 Å². The number of rotatable bonds is 51. The third kappa shape index (κ3) is 50.4. The van der Waals surface area contributed by atoms with Gasteiger partial charge in [-0.05, 0) is 44.9 Å². The van der Waals surface area contributed by atoms with Crippen LogP contribution in [0.25, 0.3) is 0 Å². The SMILES string of the molecule is CCCCC/C=C\C=C/CCCCCCCCCCCCC(=O)NC(COP(=O)([O-])OCC[N+](C)(C)C)C(O)/C=C/CCCCCCCCCCCCCCCCCCCCCCCC. The minimum Gasteiger partial charge on any atom is -0.756 e. The number of phosphoric ester groups is 1. The van der Waals surface area contributed by atoms with Gasteiger partial charge in [0.1, 0.15) is 13.2 Å². The standard InChI is InChI=1S/C56H109N2O6P/c1-6-8-10-12-14-16-18-20-22-24-26-27-28-29-30-32-33-35-37-39-41-43-45-47-49-55(59)54(53-64-65(61,62)63-52-51-58(3,4)5)57-56(60)50-48-46-44-42-40-38-36-34-31-25-23-21-19-17-15-13-11-9-7-2/h15,17,19,21,47,49,54-55,59H,6-14,16,18,20,22-46,48,50-53H2,1-5H3,(H-,57,60,61,62)/b17-15-,21-19-,49-47+. The van der Waals surface area contributed by atoms with E-state index in [2.05, 4.69) is 43.5 Å². The van der Waals surface area contributed by atoms with E-state index in [0.717, 1.165) is 38.5 Å². The number of carbonyl (C=O) groups is 1. The number of hydrogen-bond acceptors (Lipinski definition) is 6. The van der Waals surface area contributed by atoms with Crippen molar-refractivity contribution in [1.82, 2.24) is 5.32 Å². The predicted octanol–water partition coefficient (Wildman–Crippen LogP) is 16.0. The minimum atomic E-state index is -4.60. The summed E-state index contributed by atoms with van der Waals surface area (Å²) in [5, 5.41) is 13.9. The lowest BCUT2D eigenvalue weighted by Crippen LogP contribution is -2.45. The van der Waals surface area contributed by atoms with Gasteiger partial charge >= 0.3 is 0 Å². The third-order valence-electron chi connectivity index (χ3n) is 12.6. The van der Waals surface area contributed by atoms with Crippen LogP contribution in [0.4, 0.5) is 0 Å². The van der Waals surface area contributed by atoms with Gasteiger partial charge in [0.25, 0.3) is 7.82 Å². The summed E-state index contributed by atoms with van der Waals surface area (Å²) in [6, 6.07) is -0.888. The summed E-state index contributed by atoms with van der Waals surface area (Å²) in [5.41, 5.74) is 0. The number of carbonyl (C=O) groups excluding carboxylic acids is 1. The molecule has 0 heterocycles. The van der Waals surface area contributed by atoms with Crippen molar-refractivity contribution in [3.63, 3.8) is 0 Å². The zero-order valence-electron chi connectivity index (χ0n) is 43.7. The van der Waals surface area contributed by atoms with E-state index in [1.807, 2.05) is 27.2 Å². The van der Waals surface area contributed by atoms with Crippen LogP contribution >= 0.6 is 7.82 Å². The Morgan fingerprint density at radius 1 is 0.538 bits per heavy atom. The smallest absolute Gasteiger partial charge is 0.268 e. The Morgan fingerprint density at radius 3 is 1.28 bits per heavy atom. The normalized spacial score (nSPS) is 14.3. The molecular formula is C56H109N2O6P. The van der Waals surface area contributed by atoms with Crippen LogP contribution in [0.2, 0.25) is 0 Å². The summed E-state index contributed by atoms with van der Waals surface area (Å²) >= 11 is 0. The molecule has 0 aromatic rings. The number of nitrogens with one attached hydrogen (secondary N) is 1. The molecule has 384 valence electrons. The number of nitrogens with zero attached hydrogens (tertiary/aromatic N) is 1. The molecule has 65 heavy (non-hydrogen) atoms. The van der Waals surface area contributed by atoms with Gasteiger partial charge in [-0.2, -0.15) is 0 Å². The molecule has 3 unspecified atom stereocenters. The van der Waals surface area contributed by atoms with E-state index >= 15 is 0 Å². The Morgan fingerprint density at radius 2 is 0.877 bits per heavy atom. The van der Waals surface area contributed by atoms with Crippen molar-refractivity contribution < 1.29 is 32.9 Å². The Bertz CT molecular complexity index is 1150. The summed E-state index contributed by atoms with van der Waals surface area (Å²) < 4.78 is 23.3. The number of quaternary nitrogens is 1. The first-order valence-electron chi connectivity index (χ1n) is 27.9. The maximum absolute atomic E-state index is 12.9. The molecule has 0 aromatic heterocycles. The van der Waals surface area contributed by atoms with Crippen LogP contribution < -0.4 is 10.2 Å². The van der Waals surface area contributed by atoms with Gasteiger partial charge in [0, 0.05) is 6.42 Å². The van der Waals surface area contributed by atoms with Crippen molar-refractivity contribution in [3.8, 4) is 0 Å². The zero-order valence-corrected chi connectivity index (χ0v) is 44.6. The highest BCUT2D eigenvalue weighted by molar-refractivity contribution is 7.45. The van der Waals surface area contributed by atoms with Crippen molar-refractivity contribution in [2.75, 3.05) is 40.9 Å². The van der Waals surface area contributed by atoms with Crippen LogP contribution in [-0.4, -0.2) is 68.5 Å². The fraction of sp³-hybridized carbons (Fsp3) is 0.875. The molecule has 0 bridgehead atoms. The number of allylic oxidation sites excluding steroid dienone is 5. The number of unbranched alkanes of at least 4 members (excludes halogenated alkanes) is 35. The zero-order chi connectivity index (χ0) is 47.8. The maximum Gasteiger partial charge on any atom is 0.268 e. The fourth-order valence-electron chi connectivity index (χ4n) is 8.20. The average Bonchev–Trinajstić information content (AvgIpc) is 3.26.